The fourth-order valence-electron chi connectivity index (χ4n) is 2.41. The fraction of sp³-hybridized carbons (Fsp3) is 1.00. The Morgan fingerprint density at radius 3 is 2.36 bits per heavy atom. The molecule has 0 aliphatic heterocycles. The molecule has 1 fully saturated rings. The van der Waals surface area contributed by atoms with Crippen LogP contribution in [0.25, 0.3) is 0 Å². The van der Waals surface area contributed by atoms with Crippen LogP contribution in [0.1, 0.15) is 45.4 Å². The number of hydrogen-bond donors (Lipinski definition) is 1. The van der Waals surface area contributed by atoms with E-state index in [1.54, 1.807) is 0 Å². The van der Waals surface area contributed by atoms with Crippen LogP contribution in [0, 0.1) is 5.92 Å². The van der Waals surface area contributed by atoms with E-state index in [9.17, 15) is 8.42 Å². The smallest absolute Gasteiger partial charge is 0.214 e. The van der Waals surface area contributed by atoms with Gasteiger partial charge in [-0.05, 0) is 32.2 Å². The van der Waals surface area contributed by atoms with E-state index in [2.05, 4.69) is 4.72 Å². The third-order valence-corrected chi connectivity index (χ3v) is 5.17. The summed E-state index contributed by atoms with van der Waals surface area (Å²) in [6.45, 7) is 2.05. The monoisotopic (exact) mass is 219 g/mol. The fourth-order valence-corrected chi connectivity index (χ4v) is 4.04. The zero-order valence-corrected chi connectivity index (χ0v) is 9.94. The molecule has 1 rings (SSSR count). The van der Waals surface area contributed by atoms with Gasteiger partial charge in [0.15, 0.2) is 0 Å². The quantitative estimate of drug-likeness (QED) is 0.767. The van der Waals surface area contributed by atoms with Crippen LogP contribution in [0.15, 0.2) is 0 Å². The Kier molecular flexibility index (Phi) is 4.38. The number of sulfonamides is 1. The molecule has 0 aromatic rings. The average molecular weight is 219 g/mol. The summed E-state index contributed by atoms with van der Waals surface area (Å²) < 4.78 is 26.0. The standard InChI is InChI=1S/C10H21NO2S/c1-3-6-10(14(12,13)11-2)9-7-4-5-8-9/h9-11H,3-8H2,1-2H3. The van der Waals surface area contributed by atoms with E-state index in [0.717, 1.165) is 25.7 Å². The largest absolute Gasteiger partial charge is 0.218 e. The zero-order valence-electron chi connectivity index (χ0n) is 9.12. The van der Waals surface area contributed by atoms with Gasteiger partial charge in [0, 0.05) is 0 Å². The van der Waals surface area contributed by atoms with Crippen molar-refractivity contribution in [1.29, 1.82) is 0 Å². The summed E-state index contributed by atoms with van der Waals surface area (Å²) in [6.07, 6.45) is 6.32. The summed E-state index contributed by atoms with van der Waals surface area (Å²) in [6, 6.07) is 0. The van der Waals surface area contributed by atoms with Crippen molar-refractivity contribution in [2.24, 2.45) is 5.92 Å². The van der Waals surface area contributed by atoms with Gasteiger partial charge in [-0.2, -0.15) is 0 Å². The predicted octanol–water partition coefficient (Wildman–Crippen LogP) is 1.89. The van der Waals surface area contributed by atoms with Crippen molar-refractivity contribution in [2.75, 3.05) is 7.05 Å². The summed E-state index contributed by atoms with van der Waals surface area (Å²) in [5.74, 6) is 0.396. The Morgan fingerprint density at radius 2 is 1.93 bits per heavy atom. The van der Waals surface area contributed by atoms with Gasteiger partial charge >= 0.3 is 0 Å². The number of rotatable bonds is 5. The lowest BCUT2D eigenvalue weighted by Gasteiger charge is -2.22. The molecule has 1 unspecified atom stereocenters. The van der Waals surface area contributed by atoms with E-state index in [4.69, 9.17) is 0 Å². The van der Waals surface area contributed by atoms with Crippen LogP contribution < -0.4 is 4.72 Å². The van der Waals surface area contributed by atoms with Crippen LogP contribution >= 0.6 is 0 Å². The molecule has 0 aromatic heterocycles. The Bertz CT molecular complexity index is 255. The molecule has 0 heterocycles. The Morgan fingerprint density at radius 1 is 1.36 bits per heavy atom. The minimum absolute atomic E-state index is 0.153. The Labute approximate surface area is 87.3 Å². The van der Waals surface area contributed by atoms with Gasteiger partial charge < -0.3 is 0 Å². The lowest BCUT2D eigenvalue weighted by molar-refractivity contribution is 0.458. The van der Waals surface area contributed by atoms with Gasteiger partial charge in [-0.15, -0.1) is 0 Å². The van der Waals surface area contributed by atoms with Gasteiger partial charge in [0.1, 0.15) is 0 Å². The summed E-state index contributed by atoms with van der Waals surface area (Å²) in [7, 11) is -1.54. The predicted molar refractivity (Wildman–Crippen MR) is 58.6 cm³/mol. The highest BCUT2D eigenvalue weighted by Crippen LogP contribution is 2.32. The second-order valence-corrected chi connectivity index (χ2v) is 6.22. The SMILES string of the molecule is CCCC(C1CCCC1)S(=O)(=O)NC. The van der Waals surface area contributed by atoms with E-state index in [1.165, 1.54) is 19.9 Å². The molecule has 0 aromatic carbocycles. The van der Waals surface area contributed by atoms with E-state index < -0.39 is 10.0 Å². The topological polar surface area (TPSA) is 46.2 Å². The third-order valence-electron chi connectivity index (χ3n) is 3.18. The molecular formula is C10H21NO2S. The molecule has 0 bridgehead atoms. The van der Waals surface area contributed by atoms with E-state index >= 15 is 0 Å². The van der Waals surface area contributed by atoms with Gasteiger partial charge in [0.05, 0.1) is 5.25 Å². The van der Waals surface area contributed by atoms with Gasteiger partial charge in [-0.1, -0.05) is 26.2 Å². The molecule has 14 heavy (non-hydrogen) atoms. The van der Waals surface area contributed by atoms with Gasteiger partial charge in [-0.3, -0.25) is 0 Å². The van der Waals surface area contributed by atoms with Gasteiger partial charge in [0.25, 0.3) is 0 Å². The van der Waals surface area contributed by atoms with Crippen molar-refractivity contribution in [2.45, 2.75) is 50.7 Å². The summed E-state index contributed by atoms with van der Waals surface area (Å²) in [5.41, 5.74) is 0. The normalized spacial score (nSPS) is 21.3. The van der Waals surface area contributed by atoms with Crippen molar-refractivity contribution >= 4 is 10.0 Å². The first-order valence-corrected chi connectivity index (χ1v) is 7.08. The van der Waals surface area contributed by atoms with Crippen LogP contribution in [0.3, 0.4) is 0 Å². The van der Waals surface area contributed by atoms with Crippen LogP contribution in [0.5, 0.6) is 0 Å². The van der Waals surface area contributed by atoms with Crippen molar-refractivity contribution in [3.8, 4) is 0 Å². The molecule has 4 heteroatoms. The third kappa shape index (κ3) is 2.70. The van der Waals surface area contributed by atoms with Crippen LogP contribution in [0.4, 0.5) is 0 Å². The maximum absolute atomic E-state index is 11.8. The highest BCUT2D eigenvalue weighted by atomic mass is 32.2. The van der Waals surface area contributed by atoms with Crippen molar-refractivity contribution in [1.82, 2.24) is 4.72 Å². The van der Waals surface area contributed by atoms with Gasteiger partial charge in [0.2, 0.25) is 10.0 Å². The number of hydrogen-bond acceptors (Lipinski definition) is 2. The van der Waals surface area contributed by atoms with E-state index in [-0.39, 0.29) is 5.25 Å². The lowest BCUT2D eigenvalue weighted by Crippen LogP contribution is -2.36. The molecule has 84 valence electrons. The maximum Gasteiger partial charge on any atom is 0.214 e. The Hall–Kier alpha value is -0.0900. The molecule has 0 amide bonds. The minimum atomic E-state index is -3.06. The second kappa shape index (κ2) is 5.12. The molecular weight excluding hydrogens is 198 g/mol. The van der Waals surface area contributed by atoms with E-state index in [1.807, 2.05) is 6.92 Å². The summed E-state index contributed by atoms with van der Waals surface area (Å²) >= 11 is 0. The lowest BCUT2D eigenvalue weighted by atomic mass is 10.0. The summed E-state index contributed by atoms with van der Waals surface area (Å²) in [5, 5.41) is -0.153. The van der Waals surface area contributed by atoms with Crippen molar-refractivity contribution in [3.63, 3.8) is 0 Å². The molecule has 1 saturated carbocycles. The molecule has 1 N–H and O–H groups in total. The number of nitrogens with one attached hydrogen (secondary N) is 1. The van der Waals surface area contributed by atoms with Crippen LogP contribution in [-0.4, -0.2) is 20.7 Å². The van der Waals surface area contributed by atoms with Gasteiger partial charge in [-0.25, -0.2) is 13.1 Å². The molecule has 1 atom stereocenters. The van der Waals surface area contributed by atoms with Crippen LogP contribution in [0.2, 0.25) is 0 Å². The van der Waals surface area contributed by atoms with E-state index in [0.29, 0.717) is 5.92 Å². The zero-order chi connectivity index (χ0) is 10.6. The van der Waals surface area contributed by atoms with Crippen molar-refractivity contribution in [3.05, 3.63) is 0 Å². The molecule has 0 saturated heterocycles. The molecule has 3 nitrogen and oxygen atoms in total. The molecule has 0 spiro atoms. The first-order chi connectivity index (χ1) is 6.61. The average Bonchev–Trinajstić information content (AvgIpc) is 2.66. The summed E-state index contributed by atoms with van der Waals surface area (Å²) in [4.78, 5) is 0. The first-order valence-electron chi connectivity index (χ1n) is 5.54. The molecule has 0 radical (unpaired) electrons. The first kappa shape index (κ1) is 12.0. The van der Waals surface area contributed by atoms with Crippen molar-refractivity contribution < 1.29 is 8.42 Å². The maximum atomic E-state index is 11.8. The molecule has 1 aliphatic carbocycles. The minimum Gasteiger partial charge on any atom is -0.218 e. The highest BCUT2D eigenvalue weighted by Gasteiger charge is 2.33. The van der Waals surface area contributed by atoms with Crippen LogP contribution in [-0.2, 0) is 10.0 Å². The second-order valence-electron chi connectivity index (χ2n) is 4.12. The highest BCUT2D eigenvalue weighted by molar-refractivity contribution is 7.90. The molecule has 1 aliphatic rings. The Balaban J connectivity index is 2.72.